The number of hydrogen-bond acceptors (Lipinski definition) is 5. The van der Waals surface area contributed by atoms with Crippen molar-refractivity contribution in [1.29, 1.82) is 0 Å². The lowest BCUT2D eigenvalue weighted by atomic mass is 9.97. The van der Waals surface area contributed by atoms with Gasteiger partial charge < -0.3 is 14.2 Å². The van der Waals surface area contributed by atoms with Crippen LogP contribution in [-0.4, -0.2) is 46.0 Å². The van der Waals surface area contributed by atoms with Gasteiger partial charge in [-0.2, -0.15) is 0 Å². The third-order valence-corrected chi connectivity index (χ3v) is 5.81. The molecule has 2 aromatic heterocycles. The number of rotatable bonds is 4. The topological polar surface area (TPSA) is 64.4 Å². The van der Waals surface area contributed by atoms with Crippen molar-refractivity contribution < 1.29 is 14.3 Å². The largest absolute Gasteiger partial charge is 0.466 e. The van der Waals surface area contributed by atoms with Crippen molar-refractivity contribution in [2.24, 2.45) is 5.92 Å². The second-order valence-corrected chi connectivity index (χ2v) is 7.62. The summed E-state index contributed by atoms with van der Waals surface area (Å²) in [7, 11) is 0. The highest BCUT2D eigenvalue weighted by Crippen LogP contribution is 2.27. The first-order valence-corrected chi connectivity index (χ1v) is 9.97. The highest BCUT2D eigenvalue weighted by molar-refractivity contribution is 7.20. The molecule has 1 saturated heterocycles. The molecule has 1 atom stereocenters. The zero-order valence-corrected chi connectivity index (χ0v) is 15.9. The van der Waals surface area contributed by atoms with Crippen molar-refractivity contribution in [3.8, 4) is 5.13 Å². The maximum Gasteiger partial charge on any atom is 0.310 e. The number of nitrogens with zero attached hydrogens (tertiary/aromatic N) is 3. The summed E-state index contributed by atoms with van der Waals surface area (Å²) < 4.78 is 8.06. The predicted molar refractivity (Wildman–Crippen MR) is 104 cm³/mol. The molecule has 1 amide bonds. The summed E-state index contributed by atoms with van der Waals surface area (Å²) in [6.45, 7) is 3.27. The zero-order valence-electron chi connectivity index (χ0n) is 15.1. The molecule has 3 aromatic rings. The lowest BCUT2D eigenvalue weighted by molar-refractivity contribution is -0.149. The number of carbonyl (C=O) groups is 2. The van der Waals surface area contributed by atoms with Crippen LogP contribution in [0.4, 0.5) is 0 Å². The average Bonchev–Trinajstić information content (AvgIpc) is 3.36. The minimum atomic E-state index is -0.227. The normalized spacial score (nSPS) is 17.2. The fourth-order valence-electron chi connectivity index (χ4n) is 3.41. The second-order valence-electron chi connectivity index (χ2n) is 6.61. The van der Waals surface area contributed by atoms with Gasteiger partial charge in [-0.05, 0) is 50.1 Å². The van der Waals surface area contributed by atoms with Crippen LogP contribution < -0.4 is 0 Å². The first kappa shape index (κ1) is 17.7. The molecule has 7 heteroatoms. The standard InChI is InChI=1S/C20H21N3O3S/c1-2-26-19(25)15-6-5-11-23(13-15)18(24)14-7-8-16-17(12-14)27-20(21-16)22-9-3-4-10-22/h3-4,7-10,12,15H,2,5-6,11,13H2,1H3/t15-/m0/s1. The molecule has 0 aliphatic carbocycles. The Balaban J connectivity index is 1.54. The fourth-order valence-corrected chi connectivity index (χ4v) is 4.39. The van der Waals surface area contributed by atoms with Gasteiger partial charge in [0.2, 0.25) is 0 Å². The summed E-state index contributed by atoms with van der Waals surface area (Å²) in [6.07, 6.45) is 5.49. The summed E-state index contributed by atoms with van der Waals surface area (Å²) in [5.74, 6) is -0.471. The molecule has 6 nitrogen and oxygen atoms in total. The third kappa shape index (κ3) is 3.60. The molecule has 1 aliphatic heterocycles. The van der Waals surface area contributed by atoms with E-state index in [9.17, 15) is 9.59 Å². The molecule has 3 heterocycles. The quantitative estimate of drug-likeness (QED) is 0.647. The van der Waals surface area contributed by atoms with Gasteiger partial charge in [-0.15, -0.1) is 0 Å². The first-order chi connectivity index (χ1) is 13.2. The molecule has 1 aromatic carbocycles. The molecule has 1 fully saturated rings. The van der Waals surface area contributed by atoms with E-state index in [1.165, 1.54) is 0 Å². The summed E-state index contributed by atoms with van der Waals surface area (Å²) in [4.78, 5) is 31.4. The summed E-state index contributed by atoms with van der Waals surface area (Å²) in [6, 6.07) is 9.52. The molecule has 0 spiro atoms. The molecule has 0 saturated carbocycles. The van der Waals surface area contributed by atoms with Gasteiger partial charge in [-0.1, -0.05) is 11.3 Å². The van der Waals surface area contributed by atoms with Crippen molar-refractivity contribution in [1.82, 2.24) is 14.5 Å². The van der Waals surface area contributed by atoms with Gasteiger partial charge in [-0.25, -0.2) is 4.98 Å². The Kier molecular flexibility index (Phi) is 4.94. The van der Waals surface area contributed by atoms with Crippen LogP contribution in [-0.2, 0) is 9.53 Å². The Labute approximate surface area is 161 Å². The molecule has 4 rings (SSSR count). The number of esters is 1. The van der Waals surface area contributed by atoms with Crippen molar-refractivity contribution in [2.45, 2.75) is 19.8 Å². The highest BCUT2D eigenvalue weighted by atomic mass is 32.1. The summed E-state index contributed by atoms with van der Waals surface area (Å²) in [5.41, 5.74) is 1.51. The van der Waals surface area contributed by atoms with Gasteiger partial charge in [0, 0.05) is 31.0 Å². The van der Waals surface area contributed by atoms with Gasteiger partial charge in [0.25, 0.3) is 5.91 Å². The zero-order chi connectivity index (χ0) is 18.8. The first-order valence-electron chi connectivity index (χ1n) is 9.15. The van der Waals surface area contributed by atoms with Crippen molar-refractivity contribution in [2.75, 3.05) is 19.7 Å². The molecule has 27 heavy (non-hydrogen) atoms. The maximum atomic E-state index is 13.0. The number of fused-ring (bicyclic) bond motifs is 1. The molecule has 0 N–H and O–H groups in total. The summed E-state index contributed by atoms with van der Waals surface area (Å²) >= 11 is 1.55. The Morgan fingerprint density at radius 2 is 2.11 bits per heavy atom. The Bertz CT molecular complexity index is 964. The molecular weight excluding hydrogens is 362 g/mol. The number of hydrogen-bond donors (Lipinski definition) is 0. The van der Waals surface area contributed by atoms with E-state index in [1.807, 2.05) is 47.3 Å². The summed E-state index contributed by atoms with van der Waals surface area (Å²) in [5, 5.41) is 0.875. The van der Waals surface area contributed by atoms with Crippen LogP contribution in [0.15, 0.2) is 42.7 Å². The van der Waals surface area contributed by atoms with Crippen molar-refractivity contribution >= 4 is 33.4 Å². The number of thiazole rings is 1. The van der Waals surface area contributed by atoms with Crippen LogP contribution in [0.5, 0.6) is 0 Å². The van der Waals surface area contributed by atoms with Crippen LogP contribution in [0.3, 0.4) is 0 Å². The van der Waals surface area contributed by atoms with Crippen molar-refractivity contribution in [3.63, 3.8) is 0 Å². The molecular formula is C20H21N3O3S. The minimum absolute atomic E-state index is 0.0400. The van der Waals surface area contributed by atoms with E-state index in [4.69, 9.17) is 4.74 Å². The van der Waals surface area contributed by atoms with Crippen LogP contribution in [0, 0.1) is 5.92 Å². The number of aromatic nitrogens is 2. The van der Waals surface area contributed by atoms with Crippen LogP contribution in [0.25, 0.3) is 15.3 Å². The lowest BCUT2D eigenvalue weighted by Crippen LogP contribution is -2.42. The van der Waals surface area contributed by atoms with Crippen LogP contribution in [0.1, 0.15) is 30.1 Å². The van der Waals surface area contributed by atoms with E-state index in [0.717, 1.165) is 28.2 Å². The number of piperidine rings is 1. The van der Waals surface area contributed by atoms with E-state index in [1.54, 1.807) is 23.2 Å². The van der Waals surface area contributed by atoms with Gasteiger partial charge >= 0.3 is 5.97 Å². The Hall–Kier alpha value is -2.67. The number of ether oxygens (including phenoxy) is 1. The third-order valence-electron chi connectivity index (χ3n) is 4.78. The molecule has 0 bridgehead atoms. The van der Waals surface area contributed by atoms with Gasteiger partial charge in [-0.3, -0.25) is 9.59 Å². The smallest absolute Gasteiger partial charge is 0.310 e. The lowest BCUT2D eigenvalue weighted by Gasteiger charge is -2.31. The van der Waals surface area contributed by atoms with Gasteiger partial charge in [0.15, 0.2) is 5.13 Å². The van der Waals surface area contributed by atoms with E-state index < -0.39 is 0 Å². The van der Waals surface area contributed by atoms with E-state index in [-0.39, 0.29) is 17.8 Å². The number of carbonyl (C=O) groups excluding carboxylic acids is 2. The number of likely N-dealkylation sites (tertiary alicyclic amines) is 1. The van der Waals surface area contributed by atoms with Crippen molar-refractivity contribution in [3.05, 3.63) is 48.3 Å². The van der Waals surface area contributed by atoms with Crippen LogP contribution in [0.2, 0.25) is 0 Å². The maximum absolute atomic E-state index is 13.0. The van der Waals surface area contributed by atoms with E-state index in [0.29, 0.717) is 25.3 Å². The molecule has 0 radical (unpaired) electrons. The van der Waals surface area contributed by atoms with Crippen LogP contribution >= 0.6 is 11.3 Å². The van der Waals surface area contributed by atoms with E-state index >= 15 is 0 Å². The molecule has 1 aliphatic rings. The number of benzene rings is 1. The van der Waals surface area contributed by atoms with Gasteiger partial charge in [0.05, 0.1) is 22.7 Å². The number of amides is 1. The van der Waals surface area contributed by atoms with Gasteiger partial charge in [0.1, 0.15) is 0 Å². The predicted octanol–water partition coefficient (Wildman–Crippen LogP) is 3.50. The molecule has 0 unspecified atom stereocenters. The van der Waals surface area contributed by atoms with E-state index in [2.05, 4.69) is 4.98 Å². The Morgan fingerprint density at radius 1 is 1.30 bits per heavy atom. The minimum Gasteiger partial charge on any atom is -0.466 e. The second kappa shape index (κ2) is 7.52. The highest BCUT2D eigenvalue weighted by Gasteiger charge is 2.30. The average molecular weight is 383 g/mol. The monoisotopic (exact) mass is 383 g/mol. The molecule has 140 valence electrons. The Morgan fingerprint density at radius 3 is 2.89 bits per heavy atom. The fraction of sp³-hybridized carbons (Fsp3) is 0.350. The SMILES string of the molecule is CCOC(=O)[C@H]1CCCN(C(=O)c2ccc3nc(-n4cccc4)sc3c2)C1.